The standard InChI is InChI=1S/C19H12ClNO5/c1-10-15(20)7-6-12-11(9-25-17(10)12)8-16(22)26-21-18(23)13-4-2-3-5-14(13)19(21)24/h2-7,9H,8H2,1H3. The van der Waals surface area contributed by atoms with Gasteiger partial charge in [0.2, 0.25) is 0 Å². The summed E-state index contributed by atoms with van der Waals surface area (Å²) in [4.78, 5) is 41.8. The van der Waals surface area contributed by atoms with E-state index in [1.165, 1.54) is 18.4 Å². The van der Waals surface area contributed by atoms with Crippen molar-refractivity contribution in [2.24, 2.45) is 0 Å². The van der Waals surface area contributed by atoms with Crippen LogP contribution in [0.5, 0.6) is 0 Å². The Bertz CT molecular complexity index is 1050. The summed E-state index contributed by atoms with van der Waals surface area (Å²) in [5.41, 5.74) is 2.36. The third kappa shape index (κ3) is 2.46. The number of carbonyl (C=O) groups is 3. The van der Waals surface area contributed by atoms with Crippen LogP contribution in [-0.4, -0.2) is 22.8 Å². The number of carbonyl (C=O) groups excluding carboxylic acids is 3. The monoisotopic (exact) mass is 369 g/mol. The molecule has 0 atom stereocenters. The van der Waals surface area contributed by atoms with E-state index in [9.17, 15) is 14.4 Å². The fourth-order valence-electron chi connectivity index (χ4n) is 2.94. The number of imide groups is 1. The molecule has 0 bridgehead atoms. The molecule has 1 aliphatic rings. The van der Waals surface area contributed by atoms with Crippen molar-refractivity contribution < 1.29 is 23.6 Å². The third-order valence-electron chi connectivity index (χ3n) is 4.29. The Morgan fingerprint density at radius 1 is 1.12 bits per heavy atom. The lowest BCUT2D eigenvalue weighted by atomic mass is 10.1. The normalized spacial score (nSPS) is 13.4. The lowest BCUT2D eigenvalue weighted by Crippen LogP contribution is -2.33. The lowest BCUT2D eigenvalue weighted by molar-refractivity contribution is -0.167. The van der Waals surface area contributed by atoms with Crippen LogP contribution in [0.25, 0.3) is 11.0 Å². The summed E-state index contributed by atoms with van der Waals surface area (Å²) in [6.07, 6.45) is 1.29. The van der Waals surface area contributed by atoms with Crippen LogP contribution in [0, 0.1) is 6.92 Å². The maximum atomic E-state index is 12.3. The zero-order valence-electron chi connectivity index (χ0n) is 13.6. The molecule has 0 N–H and O–H groups in total. The van der Waals surface area contributed by atoms with Gasteiger partial charge in [-0.15, -0.1) is 0 Å². The SMILES string of the molecule is Cc1c(Cl)ccc2c(CC(=O)ON3C(=O)c4ccccc4C3=O)coc12. The predicted octanol–water partition coefficient (Wildman–Crippen LogP) is 3.69. The molecule has 0 aliphatic carbocycles. The highest BCUT2D eigenvalue weighted by Crippen LogP contribution is 2.30. The Balaban J connectivity index is 1.55. The molecule has 0 spiro atoms. The molecule has 130 valence electrons. The first-order valence-corrected chi connectivity index (χ1v) is 8.19. The molecule has 2 aromatic carbocycles. The average molecular weight is 370 g/mol. The highest BCUT2D eigenvalue weighted by Gasteiger charge is 2.38. The number of hydrogen-bond acceptors (Lipinski definition) is 5. The van der Waals surface area contributed by atoms with Gasteiger partial charge in [-0.25, -0.2) is 4.79 Å². The van der Waals surface area contributed by atoms with Gasteiger partial charge in [-0.3, -0.25) is 9.59 Å². The number of furan rings is 1. The number of benzene rings is 2. The fraction of sp³-hybridized carbons (Fsp3) is 0.105. The van der Waals surface area contributed by atoms with E-state index in [-0.39, 0.29) is 17.5 Å². The minimum Gasteiger partial charge on any atom is -0.464 e. The predicted molar refractivity (Wildman–Crippen MR) is 92.7 cm³/mol. The molecule has 0 unspecified atom stereocenters. The van der Waals surface area contributed by atoms with Crippen LogP contribution >= 0.6 is 11.6 Å². The maximum absolute atomic E-state index is 12.3. The minimum atomic E-state index is -0.741. The van der Waals surface area contributed by atoms with Crippen molar-refractivity contribution in [2.75, 3.05) is 0 Å². The average Bonchev–Trinajstić information content (AvgIpc) is 3.14. The van der Waals surface area contributed by atoms with Crippen molar-refractivity contribution in [2.45, 2.75) is 13.3 Å². The Morgan fingerprint density at radius 2 is 1.77 bits per heavy atom. The molecule has 7 heteroatoms. The topological polar surface area (TPSA) is 76.8 Å². The number of aryl methyl sites for hydroxylation is 1. The van der Waals surface area contributed by atoms with Gasteiger partial charge in [-0.2, -0.15) is 0 Å². The molecule has 0 saturated heterocycles. The largest absolute Gasteiger partial charge is 0.464 e. The third-order valence-corrected chi connectivity index (χ3v) is 4.70. The van der Waals surface area contributed by atoms with E-state index >= 15 is 0 Å². The Kier molecular flexibility index (Phi) is 3.77. The van der Waals surface area contributed by atoms with Crippen LogP contribution < -0.4 is 0 Å². The van der Waals surface area contributed by atoms with E-state index in [0.717, 1.165) is 10.9 Å². The first kappa shape index (κ1) is 16.4. The number of halogens is 1. The molecule has 0 saturated carbocycles. The summed E-state index contributed by atoms with van der Waals surface area (Å²) in [7, 11) is 0. The molecule has 1 aromatic heterocycles. The van der Waals surface area contributed by atoms with Crippen LogP contribution in [0.1, 0.15) is 31.8 Å². The second kappa shape index (κ2) is 6.00. The summed E-state index contributed by atoms with van der Waals surface area (Å²) in [5.74, 6) is -2.05. The van der Waals surface area contributed by atoms with Gasteiger partial charge in [-0.1, -0.05) is 28.8 Å². The zero-order valence-corrected chi connectivity index (χ0v) is 14.4. The van der Waals surface area contributed by atoms with Gasteiger partial charge in [0, 0.05) is 21.5 Å². The Morgan fingerprint density at radius 3 is 2.42 bits per heavy atom. The Hall–Kier alpha value is -3.12. The molecule has 4 rings (SSSR count). The van der Waals surface area contributed by atoms with Gasteiger partial charge < -0.3 is 9.25 Å². The number of hydrogen-bond donors (Lipinski definition) is 0. The minimum absolute atomic E-state index is 0.151. The van der Waals surface area contributed by atoms with Gasteiger partial charge in [-0.05, 0) is 31.2 Å². The smallest absolute Gasteiger partial charge is 0.337 e. The first-order chi connectivity index (χ1) is 12.5. The van der Waals surface area contributed by atoms with Crippen molar-refractivity contribution >= 4 is 40.4 Å². The number of amides is 2. The summed E-state index contributed by atoms with van der Waals surface area (Å²) >= 11 is 6.06. The van der Waals surface area contributed by atoms with Gasteiger partial charge in [0.1, 0.15) is 5.58 Å². The molecule has 26 heavy (non-hydrogen) atoms. The molecule has 0 radical (unpaired) electrons. The number of hydroxylamine groups is 2. The molecular formula is C19H12ClNO5. The van der Waals surface area contributed by atoms with Crippen molar-refractivity contribution in [3.63, 3.8) is 0 Å². The molecule has 0 fully saturated rings. The second-order valence-corrected chi connectivity index (χ2v) is 6.31. The molecule has 1 aliphatic heterocycles. The van der Waals surface area contributed by atoms with Crippen molar-refractivity contribution in [3.8, 4) is 0 Å². The first-order valence-electron chi connectivity index (χ1n) is 7.81. The summed E-state index contributed by atoms with van der Waals surface area (Å²) in [5, 5.41) is 1.79. The van der Waals surface area contributed by atoms with Crippen molar-refractivity contribution in [1.82, 2.24) is 5.06 Å². The van der Waals surface area contributed by atoms with Crippen LogP contribution in [0.15, 0.2) is 47.1 Å². The maximum Gasteiger partial charge on any atom is 0.337 e. The number of fused-ring (bicyclic) bond motifs is 2. The van der Waals surface area contributed by atoms with Crippen LogP contribution in [0.3, 0.4) is 0 Å². The summed E-state index contributed by atoms with van der Waals surface area (Å²) in [6, 6.07) is 9.77. The van der Waals surface area contributed by atoms with E-state index < -0.39 is 17.8 Å². The van der Waals surface area contributed by atoms with Gasteiger partial charge in [0.15, 0.2) is 0 Å². The number of nitrogens with zero attached hydrogens (tertiary/aromatic N) is 1. The van der Waals surface area contributed by atoms with Crippen LogP contribution in [0.4, 0.5) is 0 Å². The van der Waals surface area contributed by atoms with E-state index in [4.69, 9.17) is 20.9 Å². The molecule has 6 nitrogen and oxygen atoms in total. The molecule has 2 amide bonds. The van der Waals surface area contributed by atoms with Gasteiger partial charge in [0.25, 0.3) is 11.8 Å². The summed E-state index contributed by atoms with van der Waals surface area (Å²) < 4.78 is 5.48. The second-order valence-electron chi connectivity index (χ2n) is 5.90. The van der Waals surface area contributed by atoms with E-state index in [0.29, 0.717) is 21.2 Å². The van der Waals surface area contributed by atoms with E-state index in [1.807, 2.05) is 6.92 Å². The lowest BCUT2D eigenvalue weighted by Gasteiger charge is -2.12. The van der Waals surface area contributed by atoms with E-state index in [2.05, 4.69) is 0 Å². The van der Waals surface area contributed by atoms with E-state index in [1.54, 1.807) is 24.3 Å². The van der Waals surface area contributed by atoms with Gasteiger partial charge >= 0.3 is 5.97 Å². The zero-order chi connectivity index (χ0) is 18.4. The Labute approximate surface area is 152 Å². The molecule has 3 aromatic rings. The summed E-state index contributed by atoms with van der Waals surface area (Å²) in [6.45, 7) is 1.81. The quantitative estimate of drug-likeness (QED) is 0.658. The van der Waals surface area contributed by atoms with Crippen molar-refractivity contribution in [1.29, 1.82) is 0 Å². The highest BCUT2D eigenvalue weighted by atomic mass is 35.5. The fourth-order valence-corrected chi connectivity index (χ4v) is 3.09. The highest BCUT2D eigenvalue weighted by molar-refractivity contribution is 6.32. The van der Waals surface area contributed by atoms with Crippen LogP contribution in [-0.2, 0) is 16.1 Å². The van der Waals surface area contributed by atoms with Gasteiger partial charge in [0.05, 0.1) is 23.8 Å². The van der Waals surface area contributed by atoms with Crippen molar-refractivity contribution in [3.05, 3.63) is 69.9 Å². The molecule has 2 heterocycles. The van der Waals surface area contributed by atoms with Crippen LogP contribution in [0.2, 0.25) is 5.02 Å². The number of rotatable bonds is 3. The molecular weight excluding hydrogens is 358 g/mol.